The van der Waals surface area contributed by atoms with Gasteiger partial charge in [0.15, 0.2) is 0 Å². The first kappa shape index (κ1) is 12.9. The first-order valence-corrected chi connectivity index (χ1v) is 3.77. The molecule has 0 aliphatic heterocycles. The lowest BCUT2D eigenvalue weighted by Gasteiger charge is -2.14. The van der Waals surface area contributed by atoms with E-state index in [0.29, 0.717) is 0 Å². The number of rotatable bonds is 0. The molecular formula is C8H2BF7. The molecule has 0 atom stereocenters. The third-order valence-corrected chi connectivity index (χ3v) is 1.71. The number of halogens is 7. The summed E-state index contributed by atoms with van der Waals surface area (Å²) in [5.41, 5.74) is -4.86. The second-order valence-corrected chi connectivity index (χ2v) is 2.93. The summed E-state index contributed by atoms with van der Waals surface area (Å²) in [6.07, 6.45) is -10.4. The zero-order chi connectivity index (χ0) is 12.7. The Morgan fingerprint density at radius 1 is 0.812 bits per heavy atom. The quantitative estimate of drug-likeness (QED) is 0.484. The van der Waals surface area contributed by atoms with Crippen LogP contribution in [-0.4, -0.2) is 7.85 Å². The largest absolute Gasteiger partial charge is 0.419 e. The predicted octanol–water partition coefficient (Wildman–Crippen LogP) is 2.66. The van der Waals surface area contributed by atoms with Gasteiger partial charge in [0.2, 0.25) is 0 Å². The lowest BCUT2D eigenvalue weighted by atomic mass is 9.91. The van der Waals surface area contributed by atoms with Gasteiger partial charge in [-0.3, -0.25) is 0 Å². The van der Waals surface area contributed by atoms with E-state index in [9.17, 15) is 30.7 Å². The molecule has 16 heavy (non-hydrogen) atoms. The standard InChI is InChI=1S/C8H2BF7/c9-3-1-4(7(11,12)13)6(10)5(2-3)8(14,15)16/h1-2H. The van der Waals surface area contributed by atoms with Gasteiger partial charge < -0.3 is 0 Å². The van der Waals surface area contributed by atoms with Crippen LogP contribution in [0.4, 0.5) is 30.7 Å². The Hall–Kier alpha value is -1.21. The van der Waals surface area contributed by atoms with E-state index in [2.05, 4.69) is 0 Å². The first-order valence-electron chi connectivity index (χ1n) is 3.77. The van der Waals surface area contributed by atoms with E-state index in [1.165, 1.54) is 0 Å². The van der Waals surface area contributed by atoms with Crippen LogP contribution in [0.15, 0.2) is 12.1 Å². The van der Waals surface area contributed by atoms with Crippen molar-refractivity contribution in [3.05, 3.63) is 29.1 Å². The van der Waals surface area contributed by atoms with Crippen molar-refractivity contribution in [2.45, 2.75) is 12.4 Å². The van der Waals surface area contributed by atoms with Gasteiger partial charge in [0, 0.05) is 0 Å². The summed E-state index contributed by atoms with van der Waals surface area (Å²) >= 11 is 0. The fourth-order valence-electron chi connectivity index (χ4n) is 1.06. The fraction of sp³-hybridized carbons (Fsp3) is 0.250. The van der Waals surface area contributed by atoms with E-state index in [1.807, 2.05) is 0 Å². The minimum Gasteiger partial charge on any atom is -0.206 e. The highest BCUT2D eigenvalue weighted by atomic mass is 19.4. The maximum absolute atomic E-state index is 12.9. The van der Waals surface area contributed by atoms with E-state index < -0.39 is 34.8 Å². The molecule has 2 radical (unpaired) electrons. The summed E-state index contributed by atoms with van der Waals surface area (Å²) in [6.45, 7) is 0. The van der Waals surface area contributed by atoms with E-state index in [0.717, 1.165) is 0 Å². The van der Waals surface area contributed by atoms with Gasteiger partial charge in [-0.2, -0.15) is 26.3 Å². The molecule has 8 heteroatoms. The minimum atomic E-state index is -5.22. The van der Waals surface area contributed by atoms with Crippen LogP contribution in [0.2, 0.25) is 0 Å². The van der Waals surface area contributed by atoms with Crippen molar-refractivity contribution in [3.8, 4) is 0 Å². The van der Waals surface area contributed by atoms with Crippen molar-refractivity contribution < 1.29 is 30.7 Å². The summed E-state index contributed by atoms with van der Waals surface area (Å²) in [5.74, 6) is -2.37. The van der Waals surface area contributed by atoms with E-state index in [1.54, 1.807) is 0 Å². The molecule has 0 heterocycles. The highest BCUT2D eigenvalue weighted by Gasteiger charge is 2.41. The predicted molar refractivity (Wildman–Crippen MR) is 41.8 cm³/mol. The Morgan fingerprint density at radius 2 is 1.12 bits per heavy atom. The molecule has 0 unspecified atom stereocenters. The van der Waals surface area contributed by atoms with Gasteiger partial charge in [-0.05, 0) is 0 Å². The molecular weight excluding hydrogens is 240 g/mol. The summed E-state index contributed by atoms with van der Waals surface area (Å²) in [6, 6.07) is 0.231. The van der Waals surface area contributed by atoms with Crippen LogP contribution in [0.1, 0.15) is 11.1 Å². The Bertz CT molecular complexity index is 369. The van der Waals surface area contributed by atoms with Gasteiger partial charge in [-0.25, -0.2) is 4.39 Å². The van der Waals surface area contributed by atoms with E-state index in [4.69, 9.17) is 7.85 Å². The van der Waals surface area contributed by atoms with Crippen molar-refractivity contribution in [3.63, 3.8) is 0 Å². The zero-order valence-corrected chi connectivity index (χ0v) is 7.38. The van der Waals surface area contributed by atoms with Gasteiger partial charge in [0.1, 0.15) is 13.7 Å². The second-order valence-electron chi connectivity index (χ2n) is 2.93. The molecule has 0 amide bonds. The summed E-state index contributed by atoms with van der Waals surface area (Å²) < 4.78 is 85.8. The Morgan fingerprint density at radius 3 is 1.38 bits per heavy atom. The van der Waals surface area contributed by atoms with Gasteiger partial charge in [0.05, 0.1) is 11.1 Å². The number of hydrogen-bond donors (Lipinski definition) is 0. The van der Waals surface area contributed by atoms with Crippen LogP contribution >= 0.6 is 0 Å². The van der Waals surface area contributed by atoms with Crippen LogP contribution < -0.4 is 5.46 Å². The Balaban J connectivity index is 3.51. The maximum Gasteiger partial charge on any atom is 0.419 e. The number of benzene rings is 1. The van der Waals surface area contributed by atoms with Crippen molar-refractivity contribution >= 4 is 13.3 Å². The molecule has 0 N–H and O–H groups in total. The minimum absolute atomic E-state index is 0.116. The fourth-order valence-corrected chi connectivity index (χ4v) is 1.06. The molecule has 0 spiro atoms. The lowest BCUT2D eigenvalue weighted by molar-refractivity contribution is -0.147. The zero-order valence-electron chi connectivity index (χ0n) is 7.38. The van der Waals surface area contributed by atoms with Crippen LogP contribution in [0.3, 0.4) is 0 Å². The smallest absolute Gasteiger partial charge is 0.206 e. The molecule has 0 bridgehead atoms. The average Bonchev–Trinajstić information content (AvgIpc) is 2.04. The molecule has 0 saturated carbocycles. The monoisotopic (exact) mass is 242 g/mol. The van der Waals surface area contributed by atoms with E-state index in [-0.39, 0.29) is 12.1 Å². The van der Waals surface area contributed by atoms with Gasteiger partial charge >= 0.3 is 12.4 Å². The second kappa shape index (κ2) is 3.67. The van der Waals surface area contributed by atoms with Crippen LogP contribution in [0, 0.1) is 5.82 Å². The third kappa shape index (κ3) is 2.48. The third-order valence-electron chi connectivity index (χ3n) is 1.71. The normalized spacial score (nSPS) is 12.9. The van der Waals surface area contributed by atoms with Crippen molar-refractivity contribution in [1.82, 2.24) is 0 Å². The molecule has 1 rings (SSSR count). The maximum atomic E-state index is 12.9. The molecule has 0 aliphatic carbocycles. The van der Waals surface area contributed by atoms with Gasteiger partial charge in [-0.1, -0.05) is 17.6 Å². The topological polar surface area (TPSA) is 0 Å². The highest BCUT2D eigenvalue weighted by molar-refractivity contribution is 6.32. The van der Waals surface area contributed by atoms with Gasteiger partial charge in [-0.15, -0.1) is 0 Å². The molecule has 1 aromatic rings. The molecule has 0 aromatic heterocycles. The van der Waals surface area contributed by atoms with E-state index >= 15 is 0 Å². The Kier molecular flexibility index (Phi) is 2.95. The molecule has 1 aromatic carbocycles. The lowest BCUT2D eigenvalue weighted by Crippen LogP contribution is -2.20. The summed E-state index contributed by atoms with van der Waals surface area (Å²) in [4.78, 5) is 0. The number of alkyl halides is 6. The highest BCUT2D eigenvalue weighted by Crippen LogP contribution is 2.37. The molecule has 0 nitrogen and oxygen atoms in total. The van der Waals surface area contributed by atoms with Crippen LogP contribution in [0.5, 0.6) is 0 Å². The number of hydrogen-bond acceptors (Lipinski definition) is 0. The summed E-state index contributed by atoms with van der Waals surface area (Å²) in [7, 11) is 4.85. The van der Waals surface area contributed by atoms with Crippen molar-refractivity contribution in [1.29, 1.82) is 0 Å². The molecule has 0 aliphatic rings. The first-order chi connectivity index (χ1) is 7.03. The van der Waals surface area contributed by atoms with Crippen LogP contribution in [0.25, 0.3) is 0 Å². The van der Waals surface area contributed by atoms with Crippen LogP contribution in [-0.2, 0) is 12.4 Å². The van der Waals surface area contributed by atoms with Crippen molar-refractivity contribution in [2.24, 2.45) is 0 Å². The SMILES string of the molecule is [B]c1cc(C(F)(F)F)c(F)c(C(F)(F)F)c1. The molecule has 86 valence electrons. The summed E-state index contributed by atoms with van der Waals surface area (Å²) in [5, 5.41) is 0. The average molecular weight is 242 g/mol. The van der Waals surface area contributed by atoms with Gasteiger partial charge in [0.25, 0.3) is 0 Å². The Labute approximate surface area is 86.5 Å². The molecule has 0 fully saturated rings. The molecule has 0 saturated heterocycles. The van der Waals surface area contributed by atoms with Crippen molar-refractivity contribution in [2.75, 3.05) is 0 Å².